The van der Waals surface area contributed by atoms with E-state index in [1.807, 2.05) is 13.8 Å². The zero-order valence-corrected chi connectivity index (χ0v) is 8.11. The van der Waals surface area contributed by atoms with Crippen LogP contribution in [0, 0.1) is 0 Å². The molecule has 0 aliphatic rings. The maximum atomic E-state index is 11.2. The number of carbonyl (C=O) groups is 1. The molecule has 0 aliphatic heterocycles. The van der Waals surface area contributed by atoms with E-state index in [-0.39, 0.29) is 12.1 Å². The summed E-state index contributed by atoms with van der Waals surface area (Å²) in [4.78, 5) is 11.2. The molecule has 6 heteroatoms. The molecule has 2 amide bonds. The first kappa shape index (κ1) is 10.4. The Labute approximate surface area is 82.1 Å². The molecule has 0 aliphatic carbocycles. The summed E-state index contributed by atoms with van der Waals surface area (Å²) in [6.45, 7) is 3.84. The fourth-order valence-corrected chi connectivity index (χ4v) is 0.726. The topological polar surface area (TPSA) is 78.9 Å². The highest BCUT2D eigenvalue weighted by molar-refractivity contribution is 5.87. The first-order chi connectivity index (χ1) is 6.68. The van der Waals surface area contributed by atoms with Gasteiger partial charge in [-0.25, -0.2) is 10.2 Å². The van der Waals surface area contributed by atoms with Gasteiger partial charge < -0.3 is 0 Å². The van der Waals surface area contributed by atoms with Crippen LogP contribution < -0.4 is 16.2 Å². The average molecular weight is 195 g/mol. The molecule has 14 heavy (non-hydrogen) atoms. The van der Waals surface area contributed by atoms with Crippen LogP contribution in [0.25, 0.3) is 0 Å². The number of hydrogen-bond donors (Lipinski definition) is 3. The normalized spacial score (nSPS) is 9.93. The Morgan fingerprint density at radius 1 is 1.50 bits per heavy atom. The SMILES string of the molecule is CC(C)NNC(=O)Nc1cccnn1. The molecule has 0 radical (unpaired) electrons. The van der Waals surface area contributed by atoms with Gasteiger partial charge in [0.15, 0.2) is 5.82 Å². The molecular formula is C8H13N5O. The Kier molecular flexibility index (Phi) is 3.81. The number of nitrogens with zero attached hydrogens (tertiary/aromatic N) is 2. The highest BCUT2D eigenvalue weighted by Crippen LogP contribution is 1.96. The van der Waals surface area contributed by atoms with Gasteiger partial charge >= 0.3 is 6.03 Å². The van der Waals surface area contributed by atoms with E-state index in [1.54, 1.807) is 12.1 Å². The number of rotatable bonds is 3. The summed E-state index contributed by atoms with van der Waals surface area (Å²) in [5.74, 6) is 0.413. The molecule has 0 aromatic carbocycles. The standard InChI is InChI=1S/C8H13N5O/c1-6(2)11-13-8(14)10-7-4-3-5-9-12-7/h3-6,11H,1-2H3,(H2,10,12,13,14). The van der Waals surface area contributed by atoms with Crippen molar-refractivity contribution in [3.05, 3.63) is 18.3 Å². The van der Waals surface area contributed by atoms with Crippen molar-refractivity contribution < 1.29 is 4.79 Å². The van der Waals surface area contributed by atoms with Crippen molar-refractivity contribution in [2.24, 2.45) is 0 Å². The van der Waals surface area contributed by atoms with Crippen molar-refractivity contribution in [2.75, 3.05) is 5.32 Å². The third kappa shape index (κ3) is 3.81. The van der Waals surface area contributed by atoms with Crippen molar-refractivity contribution in [2.45, 2.75) is 19.9 Å². The number of nitrogens with one attached hydrogen (secondary N) is 3. The lowest BCUT2D eigenvalue weighted by Crippen LogP contribution is -2.44. The summed E-state index contributed by atoms with van der Waals surface area (Å²) in [6.07, 6.45) is 1.54. The minimum atomic E-state index is -0.362. The largest absolute Gasteiger partial charge is 0.334 e. The molecule has 0 saturated heterocycles. The molecule has 1 heterocycles. The van der Waals surface area contributed by atoms with Crippen LogP contribution in [0.1, 0.15) is 13.8 Å². The Morgan fingerprint density at radius 3 is 2.86 bits per heavy atom. The van der Waals surface area contributed by atoms with Crippen LogP contribution in [-0.2, 0) is 0 Å². The van der Waals surface area contributed by atoms with Gasteiger partial charge in [0.2, 0.25) is 0 Å². The van der Waals surface area contributed by atoms with Gasteiger partial charge in [-0.15, -0.1) is 5.10 Å². The quantitative estimate of drug-likeness (QED) is 0.614. The van der Waals surface area contributed by atoms with E-state index in [1.165, 1.54) is 6.20 Å². The molecule has 76 valence electrons. The summed E-state index contributed by atoms with van der Waals surface area (Å²) >= 11 is 0. The Balaban J connectivity index is 2.35. The number of anilines is 1. The Bertz CT molecular complexity index is 287. The number of hydrazine groups is 1. The number of amides is 2. The molecule has 0 saturated carbocycles. The predicted octanol–water partition coefficient (Wildman–Crippen LogP) is 0.511. The van der Waals surface area contributed by atoms with Crippen molar-refractivity contribution in [1.29, 1.82) is 0 Å². The molecule has 0 atom stereocenters. The number of carbonyl (C=O) groups excluding carboxylic acids is 1. The van der Waals surface area contributed by atoms with E-state index in [9.17, 15) is 4.79 Å². The average Bonchev–Trinajstić information content (AvgIpc) is 2.16. The molecule has 0 bridgehead atoms. The van der Waals surface area contributed by atoms with Crippen molar-refractivity contribution in [3.8, 4) is 0 Å². The van der Waals surface area contributed by atoms with Crippen LogP contribution in [0.3, 0.4) is 0 Å². The van der Waals surface area contributed by atoms with Gasteiger partial charge in [0, 0.05) is 12.2 Å². The van der Waals surface area contributed by atoms with Crippen molar-refractivity contribution >= 4 is 11.8 Å². The van der Waals surface area contributed by atoms with E-state index in [0.717, 1.165) is 0 Å². The van der Waals surface area contributed by atoms with Crippen LogP contribution in [-0.4, -0.2) is 22.3 Å². The van der Waals surface area contributed by atoms with E-state index < -0.39 is 0 Å². The van der Waals surface area contributed by atoms with E-state index in [0.29, 0.717) is 5.82 Å². The summed E-state index contributed by atoms with van der Waals surface area (Å²) in [6, 6.07) is 3.17. The fourth-order valence-electron chi connectivity index (χ4n) is 0.726. The molecule has 0 fully saturated rings. The van der Waals surface area contributed by atoms with E-state index in [2.05, 4.69) is 26.4 Å². The van der Waals surface area contributed by atoms with Crippen LogP contribution in [0.15, 0.2) is 18.3 Å². The second kappa shape index (κ2) is 5.13. The monoisotopic (exact) mass is 195 g/mol. The van der Waals surface area contributed by atoms with E-state index in [4.69, 9.17) is 0 Å². The fraction of sp³-hybridized carbons (Fsp3) is 0.375. The summed E-state index contributed by atoms with van der Waals surface area (Å²) in [7, 11) is 0. The summed E-state index contributed by atoms with van der Waals surface area (Å²) < 4.78 is 0. The highest BCUT2D eigenvalue weighted by Gasteiger charge is 2.01. The van der Waals surface area contributed by atoms with Gasteiger partial charge in [-0.05, 0) is 26.0 Å². The smallest absolute Gasteiger partial charge is 0.290 e. The second-order valence-electron chi connectivity index (χ2n) is 2.99. The van der Waals surface area contributed by atoms with Crippen molar-refractivity contribution in [1.82, 2.24) is 21.0 Å². The Morgan fingerprint density at radius 2 is 2.29 bits per heavy atom. The molecule has 6 nitrogen and oxygen atoms in total. The second-order valence-corrected chi connectivity index (χ2v) is 2.99. The summed E-state index contributed by atoms with van der Waals surface area (Å²) in [5, 5.41) is 9.83. The maximum absolute atomic E-state index is 11.2. The minimum absolute atomic E-state index is 0.183. The summed E-state index contributed by atoms with van der Waals surface area (Å²) in [5.41, 5.74) is 5.22. The Hall–Kier alpha value is -1.69. The van der Waals surface area contributed by atoms with Crippen LogP contribution in [0.2, 0.25) is 0 Å². The van der Waals surface area contributed by atoms with E-state index >= 15 is 0 Å². The molecular weight excluding hydrogens is 182 g/mol. The van der Waals surface area contributed by atoms with Gasteiger partial charge in [0.1, 0.15) is 0 Å². The van der Waals surface area contributed by atoms with Crippen molar-refractivity contribution in [3.63, 3.8) is 0 Å². The number of hydrogen-bond acceptors (Lipinski definition) is 4. The predicted molar refractivity (Wildman–Crippen MR) is 52.5 cm³/mol. The van der Waals surface area contributed by atoms with Crippen LogP contribution in [0.5, 0.6) is 0 Å². The third-order valence-corrected chi connectivity index (χ3v) is 1.29. The highest BCUT2D eigenvalue weighted by atomic mass is 16.2. The van der Waals surface area contributed by atoms with Gasteiger partial charge in [0.05, 0.1) is 0 Å². The van der Waals surface area contributed by atoms with Gasteiger partial charge in [0.25, 0.3) is 0 Å². The first-order valence-corrected chi connectivity index (χ1v) is 4.28. The molecule has 0 unspecified atom stereocenters. The third-order valence-electron chi connectivity index (χ3n) is 1.29. The van der Waals surface area contributed by atoms with Gasteiger partial charge in [-0.2, -0.15) is 5.10 Å². The van der Waals surface area contributed by atoms with Crippen LogP contribution >= 0.6 is 0 Å². The van der Waals surface area contributed by atoms with Gasteiger partial charge in [-0.1, -0.05) is 0 Å². The molecule has 1 aromatic rings. The minimum Gasteiger partial charge on any atom is -0.290 e. The lowest BCUT2D eigenvalue weighted by Gasteiger charge is -2.09. The van der Waals surface area contributed by atoms with Crippen LogP contribution in [0.4, 0.5) is 10.6 Å². The molecule has 3 N–H and O–H groups in total. The zero-order valence-electron chi connectivity index (χ0n) is 8.11. The number of aromatic nitrogens is 2. The molecule has 1 aromatic heterocycles. The zero-order chi connectivity index (χ0) is 10.4. The number of urea groups is 1. The molecule has 1 rings (SSSR count). The lowest BCUT2D eigenvalue weighted by atomic mass is 10.4. The maximum Gasteiger partial charge on any atom is 0.334 e. The lowest BCUT2D eigenvalue weighted by molar-refractivity contribution is 0.246. The molecule has 0 spiro atoms. The first-order valence-electron chi connectivity index (χ1n) is 4.28. The van der Waals surface area contributed by atoms with Gasteiger partial charge in [-0.3, -0.25) is 10.7 Å².